The molecule has 0 spiro atoms. The van der Waals surface area contributed by atoms with E-state index in [0.29, 0.717) is 17.3 Å². The highest BCUT2D eigenvalue weighted by atomic mass is 35.5. The van der Waals surface area contributed by atoms with E-state index in [0.717, 1.165) is 18.5 Å². The lowest BCUT2D eigenvalue weighted by Crippen LogP contribution is -2.19. The molecule has 1 aromatic rings. The maximum Gasteiger partial charge on any atom is 0.411 e. The van der Waals surface area contributed by atoms with Gasteiger partial charge in [0.15, 0.2) is 6.79 Å². The van der Waals surface area contributed by atoms with E-state index < -0.39 is 19.6 Å². The second kappa shape index (κ2) is 8.34. The van der Waals surface area contributed by atoms with Crippen LogP contribution in [0.4, 0.5) is 13.2 Å². The second-order valence-electron chi connectivity index (χ2n) is 4.17. The zero-order valence-corrected chi connectivity index (χ0v) is 11.9. The smallest absolute Gasteiger partial charge is 0.411 e. The molecule has 20 heavy (non-hydrogen) atoms. The van der Waals surface area contributed by atoms with Crippen LogP contribution in [0.2, 0.25) is 5.02 Å². The molecule has 3 nitrogen and oxygen atoms in total. The van der Waals surface area contributed by atoms with Gasteiger partial charge in [-0.3, -0.25) is 0 Å². The lowest BCUT2D eigenvalue weighted by atomic mass is 10.2. The van der Waals surface area contributed by atoms with Crippen LogP contribution in [0.1, 0.15) is 18.9 Å². The Morgan fingerprint density at radius 2 is 2.05 bits per heavy atom. The van der Waals surface area contributed by atoms with Crippen molar-refractivity contribution in [3.8, 4) is 5.75 Å². The predicted octanol–water partition coefficient (Wildman–Crippen LogP) is 3.75. The zero-order chi connectivity index (χ0) is 15.0. The molecule has 0 saturated carbocycles. The molecule has 0 aliphatic rings. The number of nitrogens with one attached hydrogen (secondary N) is 1. The minimum atomic E-state index is -4.36. The Balaban J connectivity index is 2.39. The van der Waals surface area contributed by atoms with E-state index in [4.69, 9.17) is 16.3 Å². The normalized spacial score (nSPS) is 11.7. The molecule has 1 N–H and O–H groups in total. The summed E-state index contributed by atoms with van der Waals surface area (Å²) in [5.74, 6) is 0.299. The first kappa shape index (κ1) is 17.1. The van der Waals surface area contributed by atoms with Crippen LogP contribution in [-0.4, -0.2) is 26.1 Å². The summed E-state index contributed by atoms with van der Waals surface area (Å²) in [6, 6.07) is 5.12. The summed E-state index contributed by atoms with van der Waals surface area (Å²) in [5, 5.41) is 3.56. The molecule has 0 unspecified atom stereocenters. The lowest BCUT2D eigenvalue weighted by Gasteiger charge is -2.11. The number of alkyl halides is 3. The maximum atomic E-state index is 11.8. The van der Waals surface area contributed by atoms with Crippen molar-refractivity contribution in [1.82, 2.24) is 5.32 Å². The summed E-state index contributed by atoms with van der Waals surface area (Å²) in [5.41, 5.74) is 0.979. The van der Waals surface area contributed by atoms with E-state index in [1.165, 1.54) is 0 Å². The highest BCUT2D eigenvalue weighted by Gasteiger charge is 2.27. The molecule has 0 aliphatic heterocycles. The highest BCUT2D eigenvalue weighted by molar-refractivity contribution is 6.32. The number of hydrogen-bond donors (Lipinski definition) is 1. The van der Waals surface area contributed by atoms with Gasteiger partial charge in [0.1, 0.15) is 12.4 Å². The summed E-state index contributed by atoms with van der Waals surface area (Å²) in [4.78, 5) is 0. The molecular formula is C13H17ClF3NO2. The molecule has 114 valence electrons. The largest absolute Gasteiger partial charge is 0.466 e. The minimum absolute atomic E-state index is 0.299. The topological polar surface area (TPSA) is 30.5 Å². The van der Waals surface area contributed by atoms with Crippen LogP contribution in [0.3, 0.4) is 0 Å². The molecule has 0 saturated heterocycles. The van der Waals surface area contributed by atoms with Crippen molar-refractivity contribution >= 4 is 11.6 Å². The van der Waals surface area contributed by atoms with Crippen molar-refractivity contribution in [3.63, 3.8) is 0 Å². The third-order valence-corrected chi connectivity index (χ3v) is 2.61. The van der Waals surface area contributed by atoms with Crippen LogP contribution in [-0.2, 0) is 11.3 Å². The van der Waals surface area contributed by atoms with Gasteiger partial charge in [0.2, 0.25) is 0 Å². The zero-order valence-electron chi connectivity index (χ0n) is 11.1. The average molecular weight is 312 g/mol. The first-order valence-corrected chi connectivity index (χ1v) is 6.56. The molecule has 0 bridgehead atoms. The first-order valence-electron chi connectivity index (χ1n) is 6.19. The van der Waals surface area contributed by atoms with E-state index in [1.54, 1.807) is 18.2 Å². The molecule has 0 heterocycles. The van der Waals surface area contributed by atoms with Crippen LogP contribution >= 0.6 is 11.6 Å². The average Bonchev–Trinajstić information content (AvgIpc) is 2.36. The molecule has 0 radical (unpaired) electrons. The Labute approximate surface area is 121 Å². The van der Waals surface area contributed by atoms with Crippen molar-refractivity contribution < 1.29 is 22.6 Å². The van der Waals surface area contributed by atoms with Crippen LogP contribution in [0.15, 0.2) is 18.2 Å². The van der Waals surface area contributed by atoms with Gasteiger partial charge in [-0.15, -0.1) is 0 Å². The van der Waals surface area contributed by atoms with Crippen molar-refractivity contribution in [3.05, 3.63) is 28.8 Å². The van der Waals surface area contributed by atoms with Gasteiger partial charge in [-0.2, -0.15) is 13.2 Å². The van der Waals surface area contributed by atoms with Crippen LogP contribution < -0.4 is 10.1 Å². The molecule has 1 aromatic carbocycles. The quantitative estimate of drug-likeness (QED) is 0.586. The molecule has 0 aliphatic carbocycles. The molecule has 1 rings (SSSR count). The number of hydrogen-bond acceptors (Lipinski definition) is 3. The fourth-order valence-corrected chi connectivity index (χ4v) is 1.70. The van der Waals surface area contributed by atoms with Gasteiger partial charge in [-0.05, 0) is 30.7 Å². The fraction of sp³-hybridized carbons (Fsp3) is 0.538. The lowest BCUT2D eigenvalue weighted by molar-refractivity contribution is -0.186. The SMILES string of the molecule is CCCNCc1ccc(OCOCC(F)(F)F)c(Cl)c1. The van der Waals surface area contributed by atoms with Gasteiger partial charge in [-0.25, -0.2) is 0 Å². The Hall–Kier alpha value is -0.980. The Kier molecular flexibility index (Phi) is 7.12. The third kappa shape index (κ3) is 6.98. The minimum Gasteiger partial charge on any atom is -0.466 e. The number of halogens is 4. The van der Waals surface area contributed by atoms with Gasteiger partial charge in [0.25, 0.3) is 0 Å². The Morgan fingerprint density at radius 3 is 2.65 bits per heavy atom. The van der Waals surface area contributed by atoms with Gasteiger partial charge in [0.05, 0.1) is 5.02 Å². The van der Waals surface area contributed by atoms with E-state index in [2.05, 4.69) is 17.0 Å². The van der Waals surface area contributed by atoms with Crippen molar-refractivity contribution in [2.45, 2.75) is 26.1 Å². The van der Waals surface area contributed by atoms with Gasteiger partial charge < -0.3 is 14.8 Å². The van der Waals surface area contributed by atoms with Crippen molar-refractivity contribution in [2.75, 3.05) is 19.9 Å². The third-order valence-electron chi connectivity index (χ3n) is 2.32. The summed E-state index contributed by atoms with van der Waals surface area (Å²) >= 11 is 5.98. The number of benzene rings is 1. The first-order chi connectivity index (χ1) is 9.42. The number of ether oxygens (including phenoxy) is 2. The van der Waals surface area contributed by atoms with E-state index in [1.807, 2.05) is 0 Å². The second-order valence-corrected chi connectivity index (χ2v) is 4.57. The van der Waals surface area contributed by atoms with E-state index in [9.17, 15) is 13.2 Å². The standard InChI is InChI=1S/C13H17ClF3NO2/c1-2-5-18-7-10-3-4-12(11(14)6-10)20-9-19-8-13(15,16)17/h3-4,6,18H,2,5,7-9H2,1H3. The van der Waals surface area contributed by atoms with E-state index >= 15 is 0 Å². The highest BCUT2D eigenvalue weighted by Crippen LogP contribution is 2.25. The van der Waals surface area contributed by atoms with E-state index in [-0.39, 0.29) is 0 Å². The molecule has 0 amide bonds. The molecule has 7 heteroatoms. The van der Waals surface area contributed by atoms with Crippen LogP contribution in [0.25, 0.3) is 0 Å². The predicted molar refractivity (Wildman–Crippen MR) is 71.0 cm³/mol. The summed E-state index contributed by atoms with van der Waals surface area (Å²) in [6.07, 6.45) is -3.33. The van der Waals surface area contributed by atoms with Crippen molar-refractivity contribution in [2.24, 2.45) is 0 Å². The van der Waals surface area contributed by atoms with Gasteiger partial charge >= 0.3 is 6.18 Å². The van der Waals surface area contributed by atoms with Crippen LogP contribution in [0, 0.1) is 0 Å². The monoisotopic (exact) mass is 311 g/mol. The molecular weight excluding hydrogens is 295 g/mol. The maximum absolute atomic E-state index is 11.8. The summed E-state index contributed by atoms with van der Waals surface area (Å²) < 4.78 is 44.9. The van der Waals surface area contributed by atoms with Gasteiger partial charge in [0, 0.05) is 6.54 Å². The Morgan fingerprint density at radius 1 is 1.30 bits per heavy atom. The molecule has 0 aromatic heterocycles. The van der Waals surface area contributed by atoms with Gasteiger partial charge in [-0.1, -0.05) is 24.6 Å². The number of rotatable bonds is 8. The van der Waals surface area contributed by atoms with Crippen molar-refractivity contribution in [1.29, 1.82) is 0 Å². The van der Waals surface area contributed by atoms with Crippen LogP contribution in [0.5, 0.6) is 5.75 Å². The molecule has 0 fully saturated rings. The summed E-state index contributed by atoms with van der Waals surface area (Å²) in [7, 11) is 0. The molecule has 0 atom stereocenters. The fourth-order valence-electron chi connectivity index (χ4n) is 1.44. The summed E-state index contributed by atoms with van der Waals surface area (Å²) in [6.45, 7) is 1.81. The Bertz CT molecular complexity index is 413.